The smallest absolute Gasteiger partial charge is 0.350 e. The Morgan fingerprint density at radius 1 is 0.745 bits per heavy atom. The fourth-order valence-electron chi connectivity index (χ4n) is 6.71. The lowest BCUT2D eigenvalue weighted by molar-refractivity contribution is -0.252. The largest absolute Gasteiger partial charge is 0.480 e. The molecule has 2 amide bonds. The molecule has 1 saturated heterocycles. The van der Waals surface area contributed by atoms with Crippen LogP contribution < -0.4 is 16.4 Å². The van der Waals surface area contributed by atoms with Gasteiger partial charge < -0.3 is 60.8 Å². The van der Waals surface area contributed by atoms with Crippen LogP contribution >= 0.6 is 7.60 Å². The lowest BCUT2D eigenvalue weighted by atomic mass is 9.94. The first kappa shape index (κ1) is 51.3. The standard InChI is InChI=1S/C38H74N3O13P/c1-3-5-7-9-11-13-15-17-19-21-28(43)23-32(45)40-30(37(47)48)26-52-38-34(39)35(36(31(25-42)54-38)53-27-55(49,50)51)41-33(46)24-29(44)22-20-18-16-14-12-10-8-6-4-2/h28-31,34-36,38,42-44H,3-27,39H2,1-2H3,(H,40,45)(H,41,46)(H,47,48)(H2,49,50,51). The van der Waals surface area contributed by atoms with E-state index in [2.05, 4.69) is 24.5 Å². The van der Waals surface area contributed by atoms with Crippen LogP contribution in [0.2, 0.25) is 0 Å². The van der Waals surface area contributed by atoms with Gasteiger partial charge >= 0.3 is 13.6 Å². The highest BCUT2D eigenvalue weighted by Crippen LogP contribution is 2.36. The van der Waals surface area contributed by atoms with Crippen molar-refractivity contribution in [1.29, 1.82) is 0 Å². The number of unbranched alkanes of at least 4 members (excludes halogenated alkanes) is 16. The van der Waals surface area contributed by atoms with Gasteiger partial charge in [-0.3, -0.25) is 14.2 Å². The number of ether oxygens (including phenoxy) is 3. The summed E-state index contributed by atoms with van der Waals surface area (Å²) in [6.45, 7) is 2.97. The lowest BCUT2D eigenvalue weighted by Gasteiger charge is -2.45. The van der Waals surface area contributed by atoms with Crippen molar-refractivity contribution in [2.24, 2.45) is 5.73 Å². The van der Waals surface area contributed by atoms with E-state index in [1.54, 1.807) is 0 Å². The molecule has 0 saturated carbocycles. The molecule has 0 spiro atoms. The normalized spacial score (nSPS) is 21.9. The van der Waals surface area contributed by atoms with Crippen LogP contribution in [0.1, 0.15) is 155 Å². The number of nitrogens with two attached hydrogens (primary N) is 1. The third kappa shape index (κ3) is 24.6. The second kappa shape index (κ2) is 30.4. The maximum atomic E-state index is 13.1. The molecule has 10 N–H and O–H groups in total. The summed E-state index contributed by atoms with van der Waals surface area (Å²) in [6.07, 6.45) is 13.0. The average molecular weight is 812 g/mol. The lowest BCUT2D eigenvalue weighted by Crippen LogP contribution is -2.68. The van der Waals surface area contributed by atoms with E-state index in [1.165, 1.54) is 64.2 Å². The van der Waals surface area contributed by atoms with E-state index in [0.717, 1.165) is 51.4 Å². The van der Waals surface area contributed by atoms with Crippen molar-refractivity contribution in [2.45, 2.75) is 204 Å². The molecule has 1 rings (SSSR count). The highest BCUT2D eigenvalue weighted by Gasteiger charge is 2.47. The van der Waals surface area contributed by atoms with Crippen molar-refractivity contribution in [3.8, 4) is 0 Å². The van der Waals surface area contributed by atoms with Crippen LogP contribution in [-0.4, -0.2) is 116 Å². The SMILES string of the molecule is CCCCCCCCCCCC(O)CC(=O)NC(COC1OC(CO)C(OCP(=O)(O)O)C(NC(=O)CC(O)CCCCCCCCCCC)C1N)C(=O)O. The first-order chi connectivity index (χ1) is 26.2. The van der Waals surface area contributed by atoms with Gasteiger partial charge in [0.1, 0.15) is 18.6 Å². The predicted molar refractivity (Wildman–Crippen MR) is 208 cm³/mol. The molecule has 8 unspecified atom stereocenters. The maximum Gasteiger partial charge on any atom is 0.350 e. The molecule has 0 aliphatic carbocycles. The zero-order chi connectivity index (χ0) is 41.1. The molecule has 0 bridgehead atoms. The van der Waals surface area contributed by atoms with Gasteiger partial charge in [-0.25, -0.2) is 4.79 Å². The quantitative estimate of drug-likeness (QED) is 0.0329. The van der Waals surface area contributed by atoms with E-state index in [1.807, 2.05) is 0 Å². The van der Waals surface area contributed by atoms with Gasteiger partial charge in [-0.15, -0.1) is 0 Å². The number of carbonyl (C=O) groups is 3. The molecule has 0 aromatic carbocycles. The highest BCUT2D eigenvalue weighted by atomic mass is 31.2. The molecule has 55 heavy (non-hydrogen) atoms. The summed E-state index contributed by atoms with van der Waals surface area (Å²) in [5.41, 5.74) is 6.40. The van der Waals surface area contributed by atoms with Gasteiger partial charge in [0.25, 0.3) is 0 Å². The Morgan fingerprint density at radius 3 is 1.64 bits per heavy atom. The Bertz CT molecular complexity index is 1080. The van der Waals surface area contributed by atoms with Crippen LogP contribution in [0.25, 0.3) is 0 Å². The predicted octanol–water partition coefficient (Wildman–Crippen LogP) is 3.97. The second-order valence-corrected chi connectivity index (χ2v) is 16.7. The Balaban J connectivity index is 2.73. The summed E-state index contributed by atoms with van der Waals surface area (Å²) in [5.74, 6) is -2.76. The zero-order valence-electron chi connectivity index (χ0n) is 33.4. The number of carbonyl (C=O) groups excluding carboxylic acids is 2. The number of aliphatic carboxylic acids is 1. The molecule has 324 valence electrons. The first-order valence-electron chi connectivity index (χ1n) is 20.7. The van der Waals surface area contributed by atoms with E-state index >= 15 is 0 Å². The van der Waals surface area contributed by atoms with Gasteiger partial charge in [-0.1, -0.05) is 129 Å². The van der Waals surface area contributed by atoms with Crippen molar-refractivity contribution in [1.82, 2.24) is 10.6 Å². The number of carboxylic acids is 1. The summed E-state index contributed by atoms with van der Waals surface area (Å²) >= 11 is 0. The van der Waals surface area contributed by atoms with E-state index in [9.17, 15) is 49.2 Å². The minimum Gasteiger partial charge on any atom is -0.480 e. The van der Waals surface area contributed by atoms with Crippen molar-refractivity contribution < 1.29 is 63.4 Å². The number of amides is 2. The molecule has 1 heterocycles. The van der Waals surface area contributed by atoms with Crippen molar-refractivity contribution in [2.75, 3.05) is 19.6 Å². The number of rotatable bonds is 34. The van der Waals surface area contributed by atoms with E-state index in [0.29, 0.717) is 12.8 Å². The fraction of sp³-hybridized carbons (Fsp3) is 0.921. The van der Waals surface area contributed by atoms with Gasteiger partial charge in [0.2, 0.25) is 11.8 Å². The summed E-state index contributed by atoms with van der Waals surface area (Å²) in [4.78, 5) is 56.6. The minimum atomic E-state index is -4.70. The van der Waals surface area contributed by atoms with Crippen LogP contribution in [0.3, 0.4) is 0 Å². The Morgan fingerprint density at radius 2 is 1.20 bits per heavy atom. The molecular formula is C38H74N3O13P. The minimum absolute atomic E-state index is 0.292. The van der Waals surface area contributed by atoms with Crippen LogP contribution in [0.4, 0.5) is 0 Å². The third-order valence-electron chi connectivity index (χ3n) is 9.89. The van der Waals surface area contributed by atoms with Crippen LogP contribution in [0.5, 0.6) is 0 Å². The Kier molecular flexibility index (Phi) is 28.3. The van der Waals surface area contributed by atoms with Gasteiger partial charge in [-0.05, 0) is 12.8 Å². The molecule has 8 atom stereocenters. The fourth-order valence-corrected chi connectivity index (χ4v) is 7.07. The Labute approximate surface area is 328 Å². The van der Waals surface area contributed by atoms with Gasteiger partial charge in [0.05, 0.1) is 50.3 Å². The molecule has 1 aliphatic heterocycles. The second-order valence-electron chi connectivity index (χ2n) is 15.1. The number of aliphatic hydroxyl groups is 3. The molecule has 0 aromatic rings. The molecule has 0 radical (unpaired) electrons. The number of carboxylic acid groups (broad SMARTS) is 1. The van der Waals surface area contributed by atoms with Crippen LogP contribution in [0, 0.1) is 0 Å². The van der Waals surface area contributed by atoms with Gasteiger partial charge in [-0.2, -0.15) is 0 Å². The highest BCUT2D eigenvalue weighted by molar-refractivity contribution is 7.51. The molecular weight excluding hydrogens is 737 g/mol. The third-order valence-corrected chi connectivity index (χ3v) is 10.4. The molecule has 1 fully saturated rings. The topological polar surface area (TPSA) is 267 Å². The van der Waals surface area contributed by atoms with Crippen molar-refractivity contribution >= 4 is 25.4 Å². The van der Waals surface area contributed by atoms with Crippen molar-refractivity contribution in [3.05, 3.63) is 0 Å². The monoisotopic (exact) mass is 811 g/mol. The van der Waals surface area contributed by atoms with Crippen molar-refractivity contribution in [3.63, 3.8) is 0 Å². The van der Waals surface area contributed by atoms with E-state index < -0.39 is 93.8 Å². The maximum absolute atomic E-state index is 13.1. The molecule has 17 heteroatoms. The Hall–Kier alpha value is -1.72. The zero-order valence-corrected chi connectivity index (χ0v) is 34.3. The number of hydrogen-bond donors (Lipinski definition) is 9. The van der Waals surface area contributed by atoms with E-state index in [4.69, 9.17) is 19.9 Å². The molecule has 16 nitrogen and oxygen atoms in total. The summed E-state index contributed by atoms with van der Waals surface area (Å²) in [5, 5.41) is 45.8. The van der Waals surface area contributed by atoms with Gasteiger partial charge in [0.15, 0.2) is 12.3 Å². The molecule has 1 aliphatic rings. The van der Waals surface area contributed by atoms with Crippen LogP contribution in [0.15, 0.2) is 0 Å². The first-order valence-corrected chi connectivity index (χ1v) is 22.5. The summed E-state index contributed by atoms with van der Waals surface area (Å²) in [6, 6.07) is -4.11. The number of hydrogen-bond acceptors (Lipinski definition) is 11. The summed E-state index contributed by atoms with van der Waals surface area (Å²) < 4.78 is 28.4. The number of aliphatic hydroxyl groups excluding tert-OH is 3. The van der Waals surface area contributed by atoms with Crippen LogP contribution in [-0.2, 0) is 33.2 Å². The molecule has 0 aromatic heterocycles. The summed E-state index contributed by atoms with van der Waals surface area (Å²) in [7, 11) is -4.70. The van der Waals surface area contributed by atoms with Gasteiger partial charge in [0, 0.05) is 0 Å². The number of nitrogens with one attached hydrogen (secondary N) is 2. The average Bonchev–Trinajstić information content (AvgIpc) is 3.12. The van der Waals surface area contributed by atoms with E-state index in [-0.39, 0.29) is 12.8 Å².